The average Bonchev–Trinajstić information content (AvgIpc) is 2.09. The molecule has 1 unspecified atom stereocenters. The van der Waals surface area contributed by atoms with Crippen molar-refractivity contribution >= 4 is 18.3 Å². The van der Waals surface area contributed by atoms with Gasteiger partial charge in [0, 0.05) is 26.2 Å². The molecule has 5 heteroatoms. The Bertz CT molecular complexity index is 186. The molecular weight excluding hydrogens is 216 g/mol. The van der Waals surface area contributed by atoms with Gasteiger partial charge in [-0.1, -0.05) is 13.3 Å². The van der Waals surface area contributed by atoms with E-state index < -0.39 is 0 Å². The van der Waals surface area contributed by atoms with Crippen LogP contribution in [-0.2, 0) is 4.79 Å². The van der Waals surface area contributed by atoms with E-state index in [1.54, 1.807) is 0 Å². The van der Waals surface area contributed by atoms with Crippen molar-refractivity contribution in [2.24, 2.45) is 11.8 Å². The van der Waals surface area contributed by atoms with E-state index in [4.69, 9.17) is 5.11 Å². The van der Waals surface area contributed by atoms with Crippen LogP contribution in [-0.4, -0.2) is 37.3 Å². The van der Waals surface area contributed by atoms with Crippen molar-refractivity contribution < 1.29 is 9.90 Å². The van der Waals surface area contributed by atoms with Crippen LogP contribution in [0.5, 0.6) is 0 Å². The first-order valence-corrected chi connectivity index (χ1v) is 5.37. The van der Waals surface area contributed by atoms with Gasteiger partial charge in [-0.2, -0.15) is 0 Å². The summed E-state index contributed by atoms with van der Waals surface area (Å²) in [5.41, 5.74) is 0. The number of nitrogens with one attached hydrogen (secondary N) is 2. The van der Waals surface area contributed by atoms with Gasteiger partial charge in [0.2, 0.25) is 5.91 Å². The Hall–Kier alpha value is -0.320. The van der Waals surface area contributed by atoms with Crippen LogP contribution in [0, 0.1) is 11.8 Å². The molecule has 4 nitrogen and oxygen atoms in total. The van der Waals surface area contributed by atoms with E-state index in [1.807, 2.05) is 0 Å². The van der Waals surface area contributed by atoms with E-state index in [2.05, 4.69) is 17.6 Å². The first-order chi connectivity index (χ1) is 6.77. The van der Waals surface area contributed by atoms with Gasteiger partial charge >= 0.3 is 0 Å². The molecule has 1 fully saturated rings. The zero-order valence-corrected chi connectivity index (χ0v) is 9.98. The maximum Gasteiger partial charge on any atom is 0.225 e. The summed E-state index contributed by atoms with van der Waals surface area (Å²) in [5, 5.41) is 14.8. The van der Waals surface area contributed by atoms with Crippen molar-refractivity contribution in [2.45, 2.75) is 19.8 Å². The summed E-state index contributed by atoms with van der Waals surface area (Å²) in [5.74, 6) is 0.735. The summed E-state index contributed by atoms with van der Waals surface area (Å²) < 4.78 is 0. The fourth-order valence-corrected chi connectivity index (χ4v) is 1.50. The van der Waals surface area contributed by atoms with Crippen LogP contribution in [0.4, 0.5) is 0 Å². The Morgan fingerprint density at radius 1 is 1.60 bits per heavy atom. The second kappa shape index (κ2) is 7.91. The first-order valence-electron chi connectivity index (χ1n) is 5.37. The van der Waals surface area contributed by atoms with Crippen molar-refractivity contribution in [1.82, 2.24) is 10.6 Å². The molecule has 1 aliphatic heterocycles. The zero-order chi connectivity index (χ0) is 10.4. The minimum atomic E-state index is 0. The lowest BCUT2D eigenvalue weighted by molar-refractivity contribution is -0.126. The predicted molar refractivity (Wildman–Crippen MR) is 62.1 cm³/mol. The molecule has 3 N–H and O–H groups in total. The minimum Gasteiger partial charge on any atom is -0.396 e. The van der Waals surface area contributed by atoms with Crippen molar-refractivity contribution in [1.29, 1.82) is 0 Å². The lowest BCUT2D eigenvalue weighted by Gasteiger charge is -2.26. The van der Waals surface area contributed by atoms with E-state index in [1.165, 1.54) is 0 Å². The van der Waals surface area contributed by atoms with Gasteiger partial charge < -0.3 is 15.7 Å². The van der Waals surface area contributed by atoms with Gasteiger partial charge in [0.05, 0.1) is 5.92 Å². The summed E-state index contributed by atoms with van der Waals surface area (Å²) in [6, 6.07) is 0. The first kappa shape index (κ1) is 14.7. The minimum absolute atomic E-state index is 0. The molecule has 0 aliphatic carbocycles. The number of rotatable bonds is 6. The van der Waals surface area contributed by atoms with E-state index in [9.17, 15) is 4.79 Å². The molecule has 0 aromatic carbocycles. The number of halogens is 1. The molecule has 0 radical (unpaired) electrons. The topological polar surface area (TPSA) is 61.4 Å². The molecule has 1 heterocycles. The van der Waals surface area contributed by atoms with E-state index in [0.29, 0.717) is 12.5 Å². The van der Waals surface area contributed by atoms with Crippen LogP contribution in [0.3, 0.4) is 0 Å². The number of hydrogen-bond acceptors (Lipinski definition) is 3. The van der Waals surface area contributed by atoms with Gasteiger partial charge in [0.15, 0.2) is 0 Å². The van der Waals surface area contributed by atoms with Gasteiger partial charge in [0.25, 0.3) is 0 Å². The van der Waals surface area contributed by atoms with Crippen LogP contribution in [0.1, 0.15) is 19.8 Å². The van der Waals surface area contributed by atoms with Gasteiger partial charge in [-0.05, 0) is 12.3 Å². The monoisotopic (exact) mass is 236 g/mol. The number of aliphatic hydroxyl groups is 1. The SMILES string of the molecule is CCC(CCO)CNC(=O)C1CNC1.Cl. The third kappa shape index (κ3) is 4.82. The Morgan fingerprint density at radius 2 is 2.27 bits per heavy atom. The molecule has 0 spiro atoms. The molecule has 1 aliphatic rings. The molecule has 0 saturated carbocycles. The van der Waals surface area contributed by atoms with Crippen LogP contribution >= 0.6 is 12.4 Å². The summed E-state index contributed by atoms with van der Waals surface area (Å²) in [6.45, 7) is 4.61. The molecule has 0 aromatic rings. The molecular formula is C10H21ClN2O2. The summed E-state index contributed by atoms with van der Waals surface area (Å²) in [6.07, 6.45) is 1.78. The predicted octanol–water partition coefficient (Wildman–Crippen LogP) is 0.152. The highest BCUT2D eigenvalue weighted by Crippen LogP contribution is 2.07. The summed E-state index contributed by atoms with van der Waals surface area (Å²) in [7, 11) is 0. The number of carbonyl (C=O) groups is 1. The van der Waals surface area contributed by atoms with Crippen LogP contribution in [0.2, 0.25) is 0 Å². The molecule has 1 rings (SSSR count). The number of carbonyl (C=O) groups excluding carboxylic acids is 1. The van der Waals surface area contributed by atoms with E-state index in [-0.39, 0.29) is 30.8 Å². The standard InChI is InChI=1S/C10H20N2O2.ClH/c1-2-8(3-4-13)5-12-10(14)9-6-11-7-9;/h8-9,11,13H,2-7H2,1H3,(H,12,14);1H. The molecule has 0 bridgehead atoms. The number of aliphatic hydroxyl groups excluding tert-OH is 1. The normalized spacial score (nSPS) is 17.5. The molecule has 15 heavy (non-hydrogen) atoms. The highest BCUT2D eigenvalue weighted by molar-refractivity contribution is 5.85. The van der Waals surface area contributed by atoms with Crippen molar-refractivity contribution in [3.05, 3.63) is 0 Å². The van der Waals surface area contributed by atoms with Gasteiger partial charge in [-0.3, -0.25) is 4.79 Å². The third-order valence-corrected chi connectivity index (χ3v) is 2.83. The molecule has 90 valence electrons. The van der Waals surface area contributed by atoms with Crippen molar-refractivity contribution in [3.8, 4) is 0 Å². The fourth-order valence-electron chi connectivity index (χ4n) is 1.50. The Labute approximate surface area is 97.2 Å². The molecule has 1 saturated heterocycles. The highest BCUT2D eigenvalue weighted by Gasteiger charge is 2.24. The average molecular weight is 237 g/mol. The van der Waals surface area contributed by atoms with E-state index >= 15 is 0 Å². The smallest absolute Gasteiger partial charge is 0.225 e. The molecule has 0 aromatic heterocycles. The lowest BCUT2D eigenvalue weighted by Crippen LogP contribution is -2.51. The highest BCUT2D eigenvalue weighted by atomic mass is 35.5. The van der Waals surface area contributed by atoms with Crippen LogP contribution < -0.4 is 10.6 Å². The second-order valence-electron chi connectivity index (χ2n) is 3.89. The van der Waals surface area contributed by atoms with Gasteiger partial charge in [0.1, 0.15) is 0 Å². The lowest BCUT2D eigenvalue weighted by atomic mass is 10.0. The van der Waals surface area contributed by atoms with Crippen LogP contribution in [0.25, 0.3) is 0 Å². The molecule has 1 atom stereocenters. The second-order valence-corrected chi connectivity index (χ2v) is 3.89. The third-order valence-electron chi connectivity index (χ3n) is 2.83. The summed E-state index contributed by atoms with van der Waals surface area (Å²) >= 11 is 0. The maximum absolute atomic E-state index is 11.4. The zero-order valence-electron chi connectivity index (χ0n) is 9.16. The fraction of sp³-hybridized carbons (Fsp3) is 0.900. The van der Waals surface area contributed by atoms with Crippen molar-refractivity contribution in [3.63, 3.8) is 0 Å². The Kier molecular flexibility index (Phi) is 7.74. The van der Waals surface area contributed by atoms with Gasteiger partial charge in [-0.25, -0.2) is 0 Å². The Balaban J connectivity index is 0.00000196. The summed E-state index contributed by atoms with van der Waals surface area (Å²) in [4.78, 5) is 11.4. The van der Waals surface area contributed by atoms with E-state index in [0.717, 1.165) is 25.9 Å². The Morgan fingerprint density at radius 3 is 2.67 bits per heavy atom. The van der Waals surface area contributed by atoms with Crippen molar-refractivity contribution in [2.75, 3.05) is 26.2 Å². The number of amides is 1. The quantitative estimate of drug-likeness (QED) is 0.616. The van der Waals surface area contributed by atoms with Gasteiger partial charge in [-0.15, -0.1) is 12.4 Å². The maximum atomic E-state index is 11.4. The van der Waals surface area contributed by atoms with Crippen LogP contribution in [0.15, 0.2) is 0 Å². The molecule has 1 amide bonds. The largest absolute Gasteiger partial charge is 0.396 e. The number of hydrogen-bond donors (Lipinski definition) is 3.